The molecule has 1 aliphatic heterocycles. The quantitative estimate of drug-likeness (QED) is 0.650. The zero-order valence-corrected chi connectivity index (χ0v) is 15.4. The van der Waals surface area contributed by atoms with E-state index in [1.165, 1.54) is 12.3 Å². The zero-order chi connectivity index (χ0) is 21.1. The van der Waals surface area contributed by atoms with E-state index in [1.807, 2.05) is 0 Å². The Hall–Kier alpha value is -3.57. The lowest BCUT2D eigenvalue weighted by atomic mass is 10.1. The number of nitrogens with one attached hydrogen (secondary N) is 1. The highest BCUT2D eigenvalue weighted by Crippen LogP contribution is 2.26. The highest BCUT2D eigenvalue weighted by atomic mass is 19.4. The van der Waals surface area contributed by atoms with Crippen molar-refractivity contribution >= 4 is 5.91 Å². The van der Waals surface area contributed by atoms with Gasteiger partial charge in [0.15, 0.2) is 12.3 Å². The van der Waals surface area contributed by atoms with Gasteiger partial charge in [0.25, 0.3) is 5.91 Å². The lowest BCUT2D eigenvalue weighted by molar-refractivity contribution is -0.276. The number of likely N-dealkylation sites (tertiary alicyclic amines) is 1. The minimum atomic E-state index is -4.82. The molecule has 1 fully saturated rings. The summed E-state index contributed by atoms with van der Waals surface area (Å²) in [7, 11) is 0. The number of aromatic amines is 1. The van der Waals surface area contributed by atoms with Crippen molar-refractivity contribution in [1.29, 1.82) is 0 Å². The van der Waals surface area contributed by atoms with E-state index in [-0.39, 0.29) is 35.8 Å². The highest BCUT2D eigenvalue weighted by molar-refractivity contribution is 5.92. The number of halogens is 3. The number of carbonyl (C=O) groups is 1. The van der Waals surface area contributed by atoms with Crippen LogP contribution in [0.4, 0.5) is 13.2 Å². The molecule has 9 nitrogen and oxygen atoms in total. The third-order valence-electron chi connectivity index (χ3n) is 4.44. The molecule has 4 rings (SSSR count). The minimum Gasteiger partial charge on any atom is -0.482 e. The maximum absolute atomic E-state index is 12.6. The third-order valence-corrected chi connectivity index (χ3v) is 4.44. The minimum absolute atomic E-state index is 0.122. The van der Waals surface area contributed by atoms with Crippen molar-refractivity contribution in [3.63, 3.8) is 0 Å². The molecule has 3 aromatic heterocycles. The van der Waals surface area contributed by atoms with Gasteiger partial charge in [-0.3, -0.25) is 4.79 Å². The average molecular weight is 423 g/mol. The van der Waals surface area contributed by atoms with Gasteiger partial charge in [0.2, 0.25) is 11.8 Å². The lowest BCUT2D eigenvalue weighted by Gasteiger charge is -2.14. The van der Waals surface area contributed by atoms with Gasteiger partial charge >= 0.3 is 6.36 Å². The largest absolute Gasteiger partial charge is 0.574 e. The first-order valence-corrected chi connectivity index (χ1v) is 8.95. The number of alkyl halides is 3. The summed E-state index contributed by atoms with van der Waals surface area (Å²) >= 11 is 0. The third kappa shape index (κ3) is 4.70. The summed E-state index contributed by atoms with van der Waals surface area (Å²) in [5, 5.41) is 0. The Kier molecular flexibility index (Phi) is 5.29. The van der Waals surface area contributed by atoms with Gasteiger partial charge in [0.1, 0.15) is 17.8 Å². The van der Waals surface area contributed by atoms with E-state index in [0.29, 0.717) is 13.1 Å². The number of nitrogens with zero attached hydrogens (tertiary/aromatic N) is 4. The fraction of sp³-hybridized carbons (Fsp3) is 0.333. The maximum atomic E-state index is 12.6. The van der Waals surface area contributed by atoms with E-state index in [9.17, 15) is 18.0 Å². The molecule has 1 N–H and O–H groups in total. The Morgan fingerprint density at radius 1 is 1.33 bits per heavy atom. The number of rotatable bonds is 6. The summed E-state index contributed by atoms with van der Waals surface area (Å²) in [4.78, 5) is 29.2. The van der Waals surface area contributed by atoms with E-state index in [1.54, 1.807) is 17.3 Å². The van der Waals surface area contributed by atoms with Crippen molar-refractivity contribution in [1.82, 2.24) is 24.8 Å². The lowest BCUT2D eigenvalue weighted by Crippen LogP contribution is -2.28. The predicted octanol–water partition coefficient (Wildman–Crippen LogP) is 2.90. The van der Waals surface area contributed by atoms with Crippen LogP contribution in [0, 0.1) is 0 Å². The second-order valence-electron chi connectivity index (χ2n) is 6.51. The van der Waals surface area contributed by atoms with Crippen LogP contribution in [0.2, 0.25) is 0 Å². The van der Waals surface area contributed by atoms with E-state index in [0.717, 1.165) is 24.5 Å². The Morgan fingerprint density at radius 2 is 2.20 bits per heavy atom. The summed E-state index contributed by atoms with van der Waals surface area (Å²) in [6.45, 7) is 0.993. The van der Waals surface area contributed by atoms with Crippen LogP contribution in [0.25, 0.3) is 0 Å². The molecule has 4 heterocycles. The van der Waals surface area contributed by atoms with Crippen LogP contribution >= 0.6 is 0 Å². The van der Waals surface area contributed by atoms with Gasteiger partial charge < -0.3 is 23.8 Å². The zero-order valence-electron chi connectivity index (χ0n) is 15.4. The standard InChI is InChI=1S/C18H16F3N5O4/c19-18(20,21)30-14-2-1-12(7-24-14)28-10-15-25-13(9-29-15)17(27)26-6-3-11(8-26)16-22-4-5-23-16/h1-2,4-5,7,9,11H,3,6,8,10H2,(H,22,23). The molecule has 12 heteroatoms. The van der Waals surface area contributed by atoms with E-state index in [4.69, 9.17) is 9.15 Å². The Bertz CT molecular complexity index is 988. The molecule has 0 bridgehead atoms. The summed E-state index contributed by atoms with van der Waals surface area (Å²) < 4.78 is 50.7. The first kappa shape index (κ1) is 19.7. The number of hydrogen-bond donors (Lipinski definition) is 1. The van der Waals surface area contributed by atoms with Crippen LogP contribution in [0.5, 0.6) is 11.6 Å². The molecule has 1 aliphatic rings. The number of carbonyl (C=O) groups excluding carboxylic acids is 1. The molecular weight excluding hydrogens is 407 g/mol. The molecule has 1 atom stereocenters. The Balaban J connectivity index is 1.30. The normalized spacial score (nSPS) is 16.6. The molecule has 158 valence electrons. The number of imidazole rings is 1. The molecule has 1 saturated heterocycles. The first-order chi connectivity index (χ1) is 14.4. The fourth-order valence-electron chi connectivity index (χ4n) is 3.08. The summed E-state index contributed by atoms with van der Waals surface area (Å²) in [5.74, 6) is 0.481. The number of oxazole rings is 1. The number of ether oxygens (including phenoxy) is 2. The molecule has 0 spiro atoms. The second-order valence-corrected chi connectivity index (χ2v) is 6.51. The number of pyridine rings is 1. The van der Waals surface area contributed by atoms with Crippen LogP contribution < -0.4 is 9.47 Å². The van der Waals surface area contributed by atoms with Crippen molar-refractivity contribution in [2.24, 2.45) is 0 Å². The molecule has 0 aromatic carbocycles. The molecule has 0 radical (unpaired) electrons. The van der Waals surface area contributed by atoms with Crippen LogP contribution in [0.15, 0.2) is 41.4 Å². The number of aromatic nitrogens is 4. The Labute approximate surface area is 167 Å². The second kappa shape index (κ2) is 8.05. The van der Waals surface area contributed by atoms with Gasteiger partial charge in [0.05, 0.1) is 6.20 Å². The fourth-order valence-corrected chi connectivity index (χ4v) is 3.08. The van der Waals surface area contributed by atoms with Gasteiger partial charge in [-0.05, 0) is 12.5 Å². The van der Waals surface area contributed by atoms with Gasteiger partial charge in [-0.2, -0.15) is 0 Å². The van der Waals surface area contributed by atoms with E-state index in [2.05, 4.69) is 24.7 Å². The molecule has 0 aliphatic carbocycles. The number of amides is 1. The average Bonchev–Trinajstić information content (AvgIpc) is 3.47. The maximum Gasteiger partial charge on any atom is 0.574 e. The topological polar surface area (TPSA) is 106 Å². The van der Waals surface area contributed by atoms with E-state index >= 15 is 0 Å². The SMILES string of the molecule is O=C(c1coc(COc2ccc(OC(F)(F)F)nc2)n1)N1CCC(c2ncc[nH]2)C1. The van der Waals surface area contributed by atoms with Crippen LogP contribution in [-0.2, 0) is 6.61 Å². The van der Waals surface area contributed by atoms with Crippen molar-refractivity contribution in [2.45, 2.75) is 25.3 Å². The van der Waals surface area contributed by atoms with Crippen molar-refractivity contribution in [3.8, 4) is 11.6 Å². The van der Waals surface area contributed by atoms with Gasteiger partial charge in [0, 0.05) is 37.5 Å². The monoisotopic (exact) mass is 423 g/mol. The smallest absolute Gasteiger partial charge is 0.482 e. The molecule has 3 aromatic rings. The van der Waals surface area contributed by atoms with Gasteiger partial charge in [-0.25, -0.2) is 15.0 Å². The van der Waals surface area contributed by atoms with Crippen LogP contribution in [0.1, 0.15) is 34.5 Å². The first-order valence-electron chi connectivity index (χ1n) is 8.95. The molecule has 0 saturated carbocycles. The molecular formula is C18H16F3N5O4. The van der Waals surface area contributed by atoms with Crippen molar-refractivity contribution in [2.75, 3.05) is 13.1 Å². The molecule has 1 unspecified atom stereocenters. The van der Waals surface area contributed by atoms with Gasteiger partial charge in [-0.15, -0.1) is 13.2 Å². The number of H-pyrrole nitrogens is 1. The molecule has 30 heavy (non-hydrogen) atoms. The molecule has 1 amide bonds. The van der Waals surface area contributed by atoms with Crippen LogP contribution in [0.3, 0.4) is 0 Å². The van der Waals surface area contributed by atoms with Crippen molar-refractivity contribution < 1.29 is 31.9 Å². The number of hydrogen-bond acceptors (Lipinski definition) is 7. The predicted molar refractivity (Wildman–Crippen MR) is 93.6 cm³/mol. The summed E-state index contributed by atoms with van der Waals surface area (Å²) in [6.07, 6.45) is 1.74. The van der Waals surface area contributed by atoms with Crippen molar-refractivity contribution in [3.05, 3.63) is 54.4 Å². The summed E-state index contributed by atoms with van der Waals surface area (Å²) in [6, 6.07) is 2.29. The summed E-state index contributed by atoms with van der Waals surface area (Å²) in [5.41, 5.74) is 0.153. The Morgan fingerprint density at radius 3 is 2.90 bits per heavy atom. The highest BCUT2D eigenvalue weighted by Gasteiger charge is 2.32. The van der Waals surface area contributed by atoms with Gasteiger partial charge in [-0.1, -0.05) is 0 Å². The van der Waals surface area contributed by atoms with E-state index < -0.39 is 12.2 Å². The van der Waals surface area contributed by atoms with Crippen LogP contribution in [-0.4, -0.2) is 50.2 Å².